The molecule has 0 N–H and O–H groups in total. The van der Waals surface area contributed by atoms with E-state index < -0.39 is 73.1 Å². The summed E-state index contributed by atoms with van der Waals surface area (Å²) in [5, 5.41) is 0. The molecule has 12 nitrogen and oxygen atoms in total. The fourth-order valence-electron chi connectivity index (χ4n) is 3.90. The van der Waals surface area contributed by atoms with Crippen LogP contribution >= 0.6 is 0 Å². The van der Waals surface area contributed by atoms with Gasteiger partial charge in [0.05, 0.1) is 0 Å². The highest BCUT2D eigenvalue weighted by atomic mass is 16.7. The number of carbonyl (C=O) groups is 4. The van der Waals surface area contributed by atoms with E-state index >= 15 is 0 Å². The van der Waals surface area contributed by atoms with Crippen LogP contribution in [0.15, 0.2) is 12.2 Å². The van der Waals surface area contributed by atoms with Crippen molar-refractivity contribution in [2.75, 3.05) is 14.2 Å². The average molecular weight is 488 g/mol. The van der Waals surface area contributed by atoms with Gasteiger partial charge in [-0.3, -0.25) is 19.2 Å². The summed E-state index contributed by atoms with van der Waals surface area (Å²) >= 11 is 0. The number of ether oxygens (including phenoxy) is 8. The molecule has 12 heteroatoms. The van der Waals surface area contributed by atoms with Crippen molar-refractivity contribution >= 4 is 23.9 Å². The number of hydrogen-bond acceptors (Lipinski definition) is 12. The van der Waals surface area contributed by atoms with Crippen LogP contribution in [0.25, 0.3) is 0 Å². The molecule has 0 unspecified atom stereocenters. The van der Waals surface area contributed by atoms with E-state index in [9.17, 15) is 19.2 Å². The van der Waals surface area contributed by atoms with Crippen LogP contribution in [0.5, 0.6) is 0 Å². The molecule has 2 rings (SSSR count). The molecule has 2 heterocycles. The molecule has 192 valence electrons. The molecular formula is C22H32O12. The molecule has 1 saturated heterocycles. The highest BCUT2D eigenvalue weighted by Crippen LogP contribution is 2.32. The molecule has 0 saturated carbocycles. The number of rotatable bonds is 9. The summed E-state index contributed by atoms with van der Waals surface area (Å²) in [6.07, 6.45) is -3.51. The van der Waals surface area contributed by atoms with E-state index in [1.807, 2.05) is 0 Å². The first-order valence-electron chi connectivity index (χ1n) is 10.8. The number of carbonyl (C=O) groups excluding carboxylic acids is 4. The molecule has 0 aliphatic carbocycles. The number of hydrogen-bond donors (Lipinski definition) is 0. The lowest BCUT2D eigenvalue weighted by atomic mass is 9.93. The lowest BCUT2D eigenvalue weighted by Gasteiger charge is -2.44. The summed E-state index contributed by atoms with van der Waals surface area (Å²) in [5.41, 5.74) is 0. The summed E-state index contributed by atoms with van der Waals surface area (Å²) in [7, 11) is 2.81. The van der Waals surface area contributed by atoms with Crippen molar-refractivity contribution < 1.29 is 57.1 Å². The second-order valence-corrected chi connectivity index (χ2v) is 7.82. The third-order valence-electron chi connectivity index (χ3n) is 5.13. The molecule has 0 radical (unpaired) electrons. The van der Waals surface area contributed by atoms with Crippen molar-refractivity contribution in [3.8, 4) is 0 Å². The zero-order chi connectivity index (χ0) is 25.4. The van der Waals surface area contributed by atoms with Crippen molar-refractivity contribution in [3.05, 3.63) is 12.2 Å². The van der Waals surface area contributed by atoms with Gasteiger partial charge in [-0.2, -0.15) is 0 Å². The monoisotopic (exact) mass is 488 g/mol. The van der Waals surface area contributed by atoms with Gasteiger partial charge >= 0.3 is 23.9 Å². The zero-order valence-corrected chi connectivity index (χ0v) is 20.1. The van der Waals surface area contributed by atoms with Gasteiger partial charge in [0.2, 0.25) is 0 Å². The Hall–Kier alpha value is -2.54. The fraction of sp³-hybridized carbons (Fsp3) is 0.727. The Morgan fingerprint density at radius 3 is 1.71 bits per heavy atom. The Balaban J connectivity index is 2.28. The SMILES string of the molecule is CO[C@H]1C=C[C@H](OC(C)=O)[C@H](CC[C@H]2O[C@H](OC)[C@@H](OC(C)=O)[C@@H](OC(C)=O)[C@H]2OC(C)=O)O1. The van der Waals surface area contributed by atoms with Gasteiger partial charge in [0.15, 0.2) is 30.9 Å². The third-order valence-corrected chi connectivity index (χ3v) is 5.13. The summed E-state index contributed by atoms with van der Waals surface area (Å²) < 4.78 is 43.8. The first-order chi connectivity index (χ1) is 16.0. The lowest BCUT2D eigenvalue weighted by molar-refractivity contribution is -0.300. The van der Waals surface area contributed by atoms with Crippen molar-refractivity contribution in [3.63, 3.8) is 0 Å². The van der Waals surface area contributed by atoms with Crippen LogP contribution in [0.4, 0.5) is 0 Å². The van der Waals surface area contributed by atoms with Crippen molar-refractivity contribution in [1.29, 1.82) is 0 Å². The van der Waals surface area contributed by atoms with Gasteiger partial charge in [-0.1, -0.05) is 0 Å². The predicted molar refractivity (Wildman–Crippen MR) is 112 cm³/mol. The second-order valence-electron chi connectivity index (χ2n) is 7.82. The van der Waals surface area contributed by atoms with Gasteiger partial charge in [0, 0.05) is 41.9 Å². The van der Waals surface area contributed by atoms with Gasteiger partial charge in [-0.25, -0.2) is 0 Å². The Bertz CT molecular complexity index is 765. The average Bonchev–Trinajstić information content (AvgIpc) is 2.74. The van der Waals surface area contributed by atoms with E-state index in [-0.39, 0.29) is 12.8 Å². The van der Waals surface area contributed by atoms with E-state index in [1.165, 1.54) is 41.9 Å². The zero-order valence-electron chi connectivity index (χ0n) is 20.1. The van der Waals surface area contributed by atoms with E-state index in [0.717, 1.165) is 0 Å². The second kappa shape index (κ2) is 12.8. The maximum Gasteiger partial charge on any atom is 0.303 e. The van der Waals surface area contributed by atoms with Gasteiger partial charge in [-0.15, -0.1) is 0 Å². The van der Waals surface area contributed by atoms with Gasteiger partial charge in [-0.05, 0) is 25.0 Å². The molecule has 2 aliphatic heterocycles. The molecule has 2 aliphatic rings. The molecule has 8 atom stereocenters. The minimum atomic E-state index is -1.18. The highest BCUT2D eigenvalue weighted by molar-refractivity contribution is 5.68. The summed E-state index contributed by atoms with van der Waals surface area (Å²) in [6.45, 7) is 4.84. The smallest absolute Gasteiger partial charge is 0.303 e. The minimum absolute atomic E-state index is 0.217. The van der Waals surface area contributed by atoms with Crippen molar-refractivity contribution in [2.24, 2.45) is 0 Å². The number of methoxy groups -OCH3 is 2. The van der Waals surface area contributed by atoms with Crippen LogP contribution in [0.1, 0.15) is 40.5 Å². The molecule has 0 aromatic rings. The summed E-state index contributed by atoms with van der Waals surface area (Å²) in [5.74, 6) is -2.47. The largest absolute Gasteiger partial charge is 0.456 e. The predicted octanol–water partition coefficient (Wildman–Crippen LogP) is 0.792. The number of esters is 4. The third kappa shape index (κ3) is 7.76. The van der Waals surface area contributed by atoms with Crippen LogP contribution in [-0.4, -0.2) is 87.3 Å². The minimum Gasteiger partial charge on any atom is -0.456 e. The molecule has 34 heavy (non-hydrogen) atoms. The highest BCUT2D eigenvalue weighted by Gasteiger charge is 2.52. The van der Waals surface area contributed by atoms with Gasteiger partial charge in [0.1, 0.15) is 18.3 Å². The fourth-order valence-corrected chi connectivity index (χ4v) is 3.90. The molecule has 0 amide bonds. The molecule has 0 aromatic heterocycles. The van der Waals surface area contributed by atoms with Crippen LogP contribution in [-0.2, 0) is 57.1 Å². The van der Waals surface area contributed by atoms with E-state index in [0.29, 0.717) is 0 Å². The van der Waals surface area contributed by atoms with E-state index in [1.54, 1.807) is 12.2 Å². The van der Waals surface area contributed by atoms with Crippen LogP contribution in [0.2, 0.25) is 0 Å². The molecule has 1 fully saturated rings. The van der Waals surface area contributed by atoms with Gasteiger partial charge < -0.3 is 37.9 Å². The van der Waals surface area contributed by atoms with E-state index in [2.05, 4.69) is 0 Å². The van der Waals surface area contributed by atoms with Crippen LogP contribution < -0.4 is 0 Å². The van der Waals surface area contributed by atoms with Crippen LogP contribution in [0, 0.1) is 0 Å². The molecular weight excluding hydrogens is 456 g/mol. The topological polar surface area (TPSA) is 142 Å². The summed E-state index contributed by atoms with van der Waals surface area (Å²) in [6, 6.07) is 0. The Labute approximate surface area is 197 Å². The van der Waals surface area contributed by atoms with Gasteiger partial charge in [0.25, 0.3) is 0 Å². The quantitative estimate of drug-likeness (QED) is 0.257. The standard InChI is InChI=1S/C22H32O12/c1-11(23)29-15-9-10-18(27-5)33-16(15)7-8-17-19(30-12(2)24)20(31-13(3)25)21(32-14(4)26)22(28-6)34-17/h9-10,15-22H,7-8H2,1-6H3/t15-,16-,17+,18+,19-,20-,21-,22-/m0/s1. The molecule has 0 spiro atoms. The first-order valence-corrected chi connectivity index (χ1v) is 10.8. The molecule has 0 aromatic carbocycles. The normalized spacial score (nSPS) is 33.0. The maximum atomic E-state index is 11.9. The Morgan fingerprint density at radius 1 is 0.647 bits per heavy atom. The van der Waals surface area contributed by atoms with Crippen molar-refractivity contribution in [2.45, 2.75) is 89.7 Å². The van der Waals surface area contributed by atoms with Crippen molar-refractivity contribution in [1.82, 2.24) is 0 Å². The van der Waals surface area contributed by atoms with E-state index in [4.69, 9.17) is 37.9 Å². The lowest BCUT2D eigenvalue weighted by Crippen LogP contribution is -2.61. The Kier molecular flexibility index (Phi) is 10.4. The van der Waals surface area contributed by atoms with Crippen LogP contribution in [0.3, 0.4) is 0 Å². The Morgan fingerprint density at radius 2 is 1.18 bits per heavy atom. The maximum absolute atomic E-state index is 11.9. The molecule has 0 bridgehead atoms. The first kappa shape index (κ1) is 27.7. The summed E-state index contributed by atoms with van der Waals surface area (Å²) in [4.78, 5) is 46.9.